The molecule has 0 atom stereocenters. The molecule has 0 fully saturated rings. The maximum Gasteiger partial charge on any atom is 0.334 e. The normalized spacial score (nSPS) is 5.11. The SMILES string of the molecule is C=C.C=C.C=C.C=C.C=COCC.FC(F)=C(F)F. The molecule has 0 aliphatic rings. The molecule has 114 valence electrons. The number of hydrogen-bond acceptors (Lipinski definition) is 1. The second-order valence-electron chi connectivity index (χ2n) is 1.14. The molecule has 0 saturated carbocycles. The largest absolute Gasteiger partial charge is 0.502 e. The first-order chi connectivity index (χ1) is 9.06. The van der Waals surface area contributed by atoms with Crippen LogP contribution in [0.25, 0.3) is 0 Å². The molecule has 19 heavy (non-hydrogen) atoms. The van der Waals surface area contributed by atoms with Gasteiger partial charge in [0, 0.05) is 0 Å². The van der Waals surface area contributed by atoms with E-state index in [-0.39, 0.29) is 0 Å². The van der Waals surface area contributed by atoms with Crippen molar-refractivity contribution in [2.75, 3.05) is 6.61 Å². The van der Waals surface area contributed by atoms with Crippen LogP contribution in [0.1, 0.15) is 6.92 Å². The van der Waals surface area contributed by atoms with Crippen LogP contribution < -0.4 is 0 Å². The average Bonchev–Trinajstić information content (AvgIpc) is 2.49. The highest BCUT2D eigenvalue weighted by molar-refractivity contribution is 4.77. The first-order valence-electron chi connectivity index (χ1n) is 4.65. The number of hydrogen-bond donors (Lipinski definition) is 0. The van der Waals surface area contributed by atoms with E-state index in [1.165, 1.54) is 6.26 Å². The molecular weight excluding hydrogens is 260 g/mol. The molecule has 0 N–H and O–H groups in total. The molecule has 0 spiro atoms. The Morgan fingerprint density at radius 2 is 1.00 bits per heavy atom. The minimum Gasteiger partial charge on any atom is -0.502 e. The van der Waals surface area contributed by atoms with E-state index in [1.54, 1.807) is 0 Å². The standard InChI is InChI=1S/C4H8O.C2F4.4C2H4/c1-3-5-4-2;3-1(4)2(5)6;4*1-2/h3H,1,4H2,2H3;;4*1-2H2. The van der Waals surface area contributed by atoms with Crippen molar-refractivity contribution in [2.45, 2.75) is 6.92 Å². The lowest BCUT2D eigenvalue weighted by atomic mass is 10.9. The van der Waals surface area contributed by atoms with Crippen LogP contribution in [0.5, 0.6) is 0 Å². The number of halogens is 4. The highest BCUT2D eigenvalue weighted by Crippen LogP contribution is 2.08. The van der Waals surface area contributed by atoms with Crippen LogP contribution in [-0.4, -0.2) is 6.61 Å². The van der Waals surface area contributed by atoms with Crippen LogP contribution in [0.3, 0.4) is 0 Å². The van der Waals surface area contributed by atoms with Crippen molar-refractivity contribution in [3.05, 3.63) is 77.6 Å². The number of rotatable bonds is 2. The minimum absolute atomic E-state index is 0.726. The summed E-state index contributed by atoms with van der Waals surface area (Å²) in [5.74, 6) is 0. The van der Waals surface area contributed by atoms with Gasteiger partial charge in [-0.1, -0.05) is 6.58 Å². The summed E-state index contributed by atoms with van der Waals surface area (Å²) in [6, 6.07) is 0. The van der Waals surface area contributed by atoms with Crippen molar-refractivity contribution in [3.63, 3.8) is 0 Å². The van der Waals surface area contributed by atoms with Gasteiger partial charge in [0.1, 0.15) is 0 Å². The summed E-state index contributed by atoms with van der Waals surface area (Å²) in [5, 5.41) is 0. The van der Waals surface area contributed by atoms with E-state index in [4.69, 9.17) is 0 Å². The quantitative estimate of drug-likeness (QED) is 0.325. The van der Waals surface area contributed by atoms with Crippen LogP contribution >= 0.6 is 0 Å². The Morgan fingerprint density at radius 3 is 1.00 bits per heavy atom. The lowest BCUT2D eigenvalue weighted by molar-refractivity contribution is 0.270. The zero-order chi connectivity index (χ0) is 17.3. The minimum atomic E-state index is -2.91. The average molecular weight is 284 g/mol. The Morgan fingerprint density at radius 1 is 0.789 bits per heavy atom. The molecule has 0 unspecified atom stereocenters. The molecule has 0 bridgehead atoms. The molecule has 1 nitrogen and oxygen atoms in total. The Hall–Kier alpha value is -2.04. The van der Waals surface area contributed by atoms with E-state index in [9.17, 15) is 17.6 Å². The van der Waals surface area contributed by atoms with Gasteiger partial charge in [0.05, 0.1) is 12.9 Å². The van der Waals surface area contributed by atoms with Gasteiger partial charge in [-0.2, -0.15) is 17.6 Å². The van der Waals surface area contributed by atoms with Crippen LogP contribution in [-0.2, 0) is 4.74 Å². The Kier molecular flexibility index (Phi) is 140. The molecule has 0 heterocycles. The van der Waals surface area contributed by atoms with Crippen molar-refractivity contribution >= 4 is 0 Å². The van der Waals surface area contributed by atoms with Gasteiger partial charge in [0.2, 0.25) is 0 Å². The molecule has 0 saturated heterocycles. The van der Waals surface area contributed by atoms with E-state index in [2.05, 4.69) is 63.9 Å². The summed E-state index contributed by atoms with van der Waals surface area (Å²) in [6.45, 7) is 30.0. The van der Waals surface area contributed by atoms with Gasteiger partial charge in [-0.05, 0) is 6.92 Å². The zero-order valence-electron chi connectivity index (χ0n) is 11.6. The van der Waals surface area contributed by atoms with Crippen molar-refractivity contribution in [1.82, 2.24) is 0 Å². The molecular formula is C14H24F4O. The van der Waals surface area contributed by atoms with Crippen molar-refractivity contribution in [1.29, 1.82) is 0 Å². The second kappa shape index (κ2) is 73.7. The second-order valence-corrected chi connectivity index (χ2v) is 1.14. The monoisotopic (exact) mass is 284 g/mol. The van der Waals surface area contributed by atoms with E-state index < -0.39 is 12.2 Å². The smallest absolute Gasteiger partial charge is 0.334 e. The molecule has 0 aromatic rings. The Balaban J connectivity index is -0.0000000294. The van der Waals surface area contributed by atoms with Gasteiger partial charge >= 0.3 is 12.2 Å². The fourth-order valence-corrected chi connectivity index (χ4v) is 0.118. The van der Waals surface area contributed by atoms with Gasteiger partial charge in [-0.3, -0.25) is 0 Å². The first kappa shape index (κ1) is 36.0. The molecule has 5 heteroatoms. The molecule has 0 aliphatic carbocycles. The maximum absolute atomic E-state index is 10.3. The van der Waals surface area contributed by atoms with Crippen molar-refractivity contribution < 1.29 is 22.3 Å². The topological polar surface area (TPSA) is 9.23 Å². The van der Waals surface area contributed by atoms with Crippen LogP contribution in [0.4, 0.5) is 17.6 Å². The van der Waals surface area contributed by atoms with E-state index in [0.717, 1.165) is 6.61 Å². The summed E-state index contributed by atoms with van der Waals surface area (Å²) in [6.07, 6.45) is -4.38. The molecule has 0 rings (SSSR count). The lowest BCUT2D eigenvalue weighted by Gasteiger charge is -1.84. The molecule has 0 aromatic heterocycles. The summed E-state index contributed by atoms with van der Waals surface area (Å²) in [7, 11) is 0. The molecule has 0 amide bonds. The highest BCUT2D eigenvalue weighted by Gasteiger charge is 1.98. The summed E-state index contributed by atoms with van der Waals surface area (Å²) < 4.78 is 45.7. The molecule has 0 aromatic carbocycles. The third-order valence-electron chi connectivity index (χ3n) is 0.427. The van der Waals surface area contributed by atoms with E-state index in [0.29, 0.717) is 0 Å². The fraction of sp³-hybridized carbons (Fsp3) is 0.143. The summed E-state index contributed by atoms with van der Waals surface area (Å²) in [4.78, 5) is 0. The zero-order valence-corrected chi connectivity index (χ0v) is 11.6. The van der Waals surface area contributed by atoms with Crippen LogP contribution in [0, 0.1) is 0 Å². The van der Waals surface area contributed by atoms with Gasteiger partial charge in [0.15, 0.2) is 0 Å². The fourth-order valence-electron chi connectivity index (χ4n) is 0.118. The van der Waals surface area contributed by atoms with E-state index in [1.807, 2.05) is 6.92 Å². The van der Waals surface area contributed by atoms with Crippen molar-refractivity contribution in [3.8, 4) is 0 Å². The predicted molar refractivity (Wildman–Crippen MR) is 78.3 cm³/mol. The van der Waals surface area contributed by atoms with Gasteiger partial charge < -0.3 is 4.74 Å². The third-order valence-corrected chi connectivity index (χ3v) is 0.427. The highest BCUT2D eigenvalue weighted by atomic mass is 19.3. The van der Waals surface area contributed by atoms with Crippen LogP contribution in [0.2, 0.25) is 0 Å². The van der Waals surface area contributed by atoms with Gasteiger partial charge in [-0.15, -0.1) is 52.6 Å². The van der Waals surface area contributed by atoms with Crippen molar-refractivity contribution in [2.24, 2.45) is 0 Å². The Labute approximate surface area is 114 Å². The molecule has 0 aliphatic heterocycles. The molecule has 0 radical (unpaired) electrons. The summed E-state index contributed by atoms with van der Waals surface area (Å²) >= 11 is 0. The third kappa shape index (κ3) is 198. The van der Waals surface area contributed by atoms with E-state index >= 15 is 0 Å². The Bertz CT molecular complexity index is 156. The van der Waals surface area contributed by atoms with Crippen LogP contribution in [0.15, 0.2) is 77.6 Å². The predicted octanol–water partition coefficient (Wildman–Crippen LogP) is 6.37. The van der Waals surface area contributed by atoms with Gasteiger partial charge in [-0.25, -0.2) is 0 Å². The summed E-state index contributed by atoms with van der Waals surface area (Å²) in [5.41, 5.74) is 0. The van der Waals surface area contributed by atoms with Gasteiger partial charge in [0.25, 0.3) is 0 Å². The first-order valence-corrected chi connectivity index (χ1v) is 4.65. The maximum atomic E-state index is 10.3. The lowest BCUT2D eigenvalue weighted by Crippen LogP contribution is -1.72. The number of ether oxygens (including phenoxy) is 1.